The van der Waals surface area contributed by atoms with Gasteiger partial charge in [0.05, 0.1) is 5.69 Å². The number of nitrogens with zero attached hydrogens (tertiary/aromatic N) is 1. The number of hydrogen-bond acceptors (Lipinski definition) is 2. The van der Waals surface area contributed by atoms with Crippen LogP contribution in [0, 0.1) is 0 Å². The highest BCUT2D eigenvalue weighted by atomic mass is 32.1. The first-order valence-corrected chi connectivity index (χ1v) is 19.9. The fraction of sp³-hybridized carbons (Fsp3) is 0.0566. The van der Waals surface area contributed by atoms with Crippen LogP contribution in [0.15, 0.2) is 188 Å². The van der Waals surface area contributed by atoms with Crippen molar-refractivity contribution in [3.05, 3.63) is 199 Å². The average Bonchev–Trinajstić information content (AvgIpc) is 3.72. The lowest BCUT2D eigenvalue weighted by Crippen LogP contribution is -2.14. The average molecular weight is 720 g/mol. The number of benzene rings is 9. The van der Waals surface area contributed by atoms with Gasteiger partial charge in [-0.15, -0.1) is 11.3 Å². The highest BCUT2D eigenvalue weighted by Crippen LogP contribution is 2.50. The quantitative estimate of drug-likeness (QED) is 0.160. The van der Waals surface area contributed by atoms with Crippen molar-refractivity contribution >= 4 is 70.1 Å². The van der Waals surface area contributed by atoms with Crippen molar-refractivity contribution in [1.29, 1.82) is 0 Å². The molecule has 0 saturated carbocycles. The van der Waals surface area contributed by atoms with Gasteiger partial charge >= 0.3 is 0 Å². The van der Waals surface area contributed by atoms with E-state index >= 15 is 0 Å². The van der Waals surface area contributed by atoms with Gasteiger partial charge in [0.1, 0.15) is 0 Å². The smallest absolute Gasteiger partial charge is 0.0546 e. The molecule has 0 amide bonds. The molecule has 0 unspecified atom stereocenters. The lowest BCUT2D eigenvalue weighted by atomic mass is 9.81. The molecule has 0 aliphatic heterocycles. The third-order valence-electron chi connectivity index (χ3n) is 11.9. The number of fused-ring (bicyclic) bond motifs is 9. The molecule has 0 spiro atoms. The van der Waals surface area contributed by atoms with E-state index in [9.17, 15) is 0 Å². The SMILES string of the molecule is CC1(C)c2ccccc2-c2ccc(-c3ccc(N(c4ccc(-c5ccc6sc7ccccc7c6c5)cc4)c4cc5ccccc5c5ccccc45)cc3)cc21. The molecule has 0 atom stereocenters. The van der Waals surface area contributed by atoms with E-state index in [2.05, 4.69) is 207 Å². The lowest BCUT2D eigenvalue weighted by Gasteiger charge is -2.28. The maximum Gasteiger partial charge on any atom is 0.0546 e. The van der Waals surface area contributed by atoms with Crippen LogP contribution in [-0.4, -0.2) is 0 Å². The summed E-state index contributed by atoms with van der Waals surface area (Å²) in [5, 5.41) is 7.63. The molecule has 55 heavy (non-hydrogen) atoms. The van der Waals surface area contributed by atoms with E-state index in [1.165, 1.54) is 86.2 Å². The number of rotatable bonds is 5. The van der Waals surface area contributed by atoms with E-state index in [1.807, 2.05) is 11.3 Å². The summed E-state index contributed by atoms with van der Waals surface area (Å²) in [6, 6.07) is 69.7. The third kappa shape index (κ3) is 5.06. The molecule has 10 aromatic rings. The zero-order valence-corrected chi connectivity index (χ0v) is 31.6. The molecule has 0 fully saturated rings. The van der Waals surface area contributed by atoms with E-state index in [-0.39, 0.29) is 5.41 Å². The Morgan fingerprint density at radius 1 is 0.382 bits per heavy atom. The maximum atomic E-state index is 2.43. The van der Waals surface area contributed by atoms with Gasteiger partial charge < -0.3 is 4.90 Å². The van der Waals surface area contributed by atoms with Crippen molar-refractivity contribution in [1.82, 2.24) is 0 Å². The topological polar surface area (TPSA) is 3.24 Å². The van der Waals surface area contributed by atoms with Crippen molar-refractivity contribution in [2.45, 2.75) is 19.3 Å². The molecular weight excluding hydrogens is 683 g/mol. The van der Waals surface area contributed by atoms with Crippen LogP contribution in [0.3, 0.4) is 0 Å². The van der Waals surface area contributed by atoms with Crippen molar-refractivity contribution in [3.8, 4) is 33.4 Å². The summed E-state index contributed by atoms with van der Waals surface area (Å²) in [7, 11) is 0. The van der Waals surface area contributed by atoms with Gasteiger partial charge in [-0.25, -0.2) is 0 Å². The predicted octanol–water partition coefficient (Wildman–Crippen LogP) is 15.5. The van der Waals surface area contributed by atoms with Crippen LogP contribution in [-0.2, 0) is 5.41 Å². The first-order valence-electron chi connectivity index (χ1n) is 19.1. The zero-order valence-electron chi connectivity index (χ0n) is 30.8. The van der Waals surface area contributed by atoms with Crippen LogP contribution in [0.25, 0.3) is 75.1 Å². The molecule has 0 N–H and O–H groups in total. The van der Waals surface area contributed by atoms with E-state index in [1.54, 1.807) is 0 Å². The Morgan fingerprint density at radius 3 is 1.69 bits per heavy atom. The Hall–Kier alpha value is -6.48. The van der Waals surface area contributed by atoms with E-state index in [0.717, 1.165) is 17.1 Å². The standard InChI is InChI=1S/C53H37NS/c1-53(2)48-17-9-7-14-43(48)44-29-23-37(32-49(44)53)35-21-27-40(28-22-35)54(50-33-38-11-3-4-12-41(38)42-13-5-6-15-45(42)50)39-25-19-34(20-26-39)36-24-30-52-47(31-36)46-16-8-10-18-51(46)55-52/h3-33H,1-2H3. The van der Waals surface area contributed by atoms with Crippen molar-refractivity contribution in [3.63, 3.8) is 0 Å². The van der Waals surface area contributed by atoms with Gasteiger partial charge in [0, 0.05) is 42.3 Å². The highest BCUT2D eigenvalue weighted by Gasteiger charge is 2.35. The molecule has 2 heteroatoms. The lowest BCUT2D eigenvalue weighted by molar-refractivity contribution is 0.660. The Balaban J connectivity index is 1.03. The van der Waals surface area contributed by atoms with Gasteiger partial charge in [0.15, 0.2) is 0 Å². The fourth-order valence-corrected chi connectivity index (χ4v) is 10.1. The molecule has 1 heterocycles. The Labute approximate surface area is 325 Å². The molecular formula is C53H37NS. The van der Waals surface area contributed by atoms with Crippen LogP contribution in [0.1, 0.15) is 25.0 Å². The highest BCUT2D eigenvalue weighted by molar-refractivity contribution is 7.25. The number of hydrogen-bond donors (Lipinski definition) is 0. The molecule has 1 nitrogen and oxygen atoms in total. The van der Waals surface area contributed by atoms with Crippen LogP contribution < -0.4 is 4.90 Å². The van der Waals surface area contributed by atoms with Crippen LogP contribution >= 0.6 is 11.3 Å². The Bertz CT molecular complexity index is 3110. The van der Waals surface area contributed by atoms with Crippen LogP contribution in [0.5, 0.6) is 0 Å². The number of thiophene rings is 1. The summed E-state index contributed by atoms with van der Waals surface area (Å²) in [5.74, 6) is 0. The van der Waals surface area contributed by atoms with E-state index in [4.69, 9.17) is 0 Å². The predicted molar refractivity (Wildman–Crippen MR) is 237 cm³/mol. The largest absolute Gasteiger partial charge is 0.310 e. The summed E-state index contributed by atoms with van der Waals surface area (Å²) < 4.78 is 2.66. The Morgan fingerprint density at radius 2 is 0.927 bits per heavy atom. The monoisotopic (exact) mass is 719 g/mol. The van der Waals surface area contributed by atoms with Crippen molar-refractivity contribution in [2.75, 3.05) is 4.90 Å². The van der Waals surface area contributed by atoms with E-state index in [0.29, 0.717) is 0 Å². The van der Waals surface area contributed by atoms with Gasteiger partial charge in [-0.05, 0) is 115 Å². The number of anilines is 3. The summed E-state index contributed by atoms with van der Waals surface area (Å²) >= 11 is 1.86. The van der Waals surface area contributed by atoms with Gasteiger partial charge in [-0.2, -0.15) is 0 Å². The molecule has 9 aromatic carbocycles. The summed E-state index contributed by atoms with van der Waals surface area (Å²) in [6.45, 7) is 4.70. The van der Waals surface area contributed by atoms with Gasteiger partial charge in [-0.1, -0.05) is 147 Å². The van der Waals surface area contributed by atoms with E-state index < -0.39 is 0 Å². The van der Waals surface area contributed by atoms with Gasteiger partial charge in [-0.3, -0.25) is 0 Å². The Kier molecular flexibility index (Phi) is 7.14. The van der Waals surface area contributed by atoms with Gasteiger partial charge in [0.2, 0.25) is 0 Å². The minimum atomic E-state index is -0.0365. The third-order valence-corrected chi connectivity index (χ3v) is 13.0. The summed E-state index contributed by atoms with van der Waals surface area (Å²) in [6.07, 6.45) is 0. The van der Waals surface area contributed by atoms with Crippen molar-refractivity contribution in [2.24, 2.45) is 0 Å². The molecule has 1 aliphatic rings. The minimum Gasteiger partial charge on any atom is -0.310 e. The fourth-order valence-electron chi connectivity index (χ4n) is 9.04. The van der Waals surface area contributed by atoms with Crippen LogP contribution in [0.4, 0.5) is 17.1 Å². The second kappa shape index (κ2) is 12.3. The van der Waals surface area contributed by atoms with Crippen LogP contribution in [0.2, 0.25) is 0 Å². The molecule has 11 rings (SSSR count). The molecule has 1 aromatic heterocycles. The minimum absolute atomic E-state index is 0.0365. The second-order valence-electron chi connectivity index (χ2n) is 15.3. The molecule has 0 saturated heterocycles. The van der Waals surface area contributed by atoms with Crippen molar-refractivity contribution < 1.29 is 0 Å². The first kappa shape index (κ1) is 32.0. The zero-order chi connectivity index (χ0) is 36.7. The molecule has 260 valence electrons. The summed E-state index contributed by atoms with van der Waals surface area (Å²) in [4.78, 5) is 2.43. The normalized spacial score (nSPS) is 13.1. The second-order valence-corrected chi connectivity index (χ2v) is 16.4. The molecule has 0 bridgehead atoms. The molecule has 1 aliphatic carbocycles. The molecule has 0 radical (unpaired) electrons. The maximum absolute atomic E-state index is 2.43. The van der Waals surface area contributed by atoms with Gasteiger partial charge in [0.25, 0.3) is 0 Å². The first-order chi connectivity index (χ1) is 27.0. The summed E-state index contributed by atoms with van der Waals surface area (Å²) in [5.41, 5.74) is 13.8.